The van der Waals surface area contributed by atoms with Gasteiger partial charge in [0.2, 0.25) is 5.75 Å². The second-order valence-corrected chi connectivity index (χ2v) is 2.52. The lowest BCUT2D eigenvalue weighted by Gasteiger charge is -2.06. The van der Waals surface area contributed by atoms with Crippen molar-refractivity contribution in [2.24, 2.45) is 0 Å². The third-order valence-electron chi connectivity index (χ3n) is 1.27. The van der Waals surface area contributed by atoms with Gasteiger partial charge in [-0.05, 0) is 12.1 Å². The lowest BCUT2D eigenvalue weighted by atomic mass is 10.2. The van der Waals surface area contributed by atoms with Crippen LogP contribution in [0.15, 0.2) is 18.2 Å². The molecule has 1 rings (SSSR count). The van der Waals surface area contributed by atoms with Gasteiger partial charge in [0.25, 0.3) is 0 Å². The quantitative estimate of drug-likeness (QED) is 0.604. The fraction of sp³-hybridized carbons (Fsp3) is 0.143. The molecule has 0 amide bonds. The Labute approximate surface area is 71.4 Å². The van der Waals surface area contributed by atoms with Gasteiger partial charge in [-0.3, -0.25) is 5.11 Å². The number of benzene rings is 1. The fourth-order valence-electron chi connectivity index (χ4n) is 0.732. The standard InChI is InChI=1S/C7H3ClF3O/c8-5-3-1-2-4(6(5)12)7(9,10)11/h1-3H. The van der Waals surface area contributed by atoms with Gasteiger partial charge in [-0.25, -0.2) is 0 Å². The Kier molecular flexibility index (Phi) is 2.19. The monoisotopic (exact) mass is 195 g/mol. The molecule has 0 heterocycles. The topological polar surface area (TPSA) is 19.9 Å². The van der Waals surface area contributed by atoms with Crippen LogP contribution in [0.5, 0.6) is 5.75 Å². The van der Waals surface area contributed by atoms with Gasteiger partial charge in [0.1, 0.15) is 5.56 Å². The van der Waals surface area contributed by atoms with Crippen molar-refractivity contribution in [3.8, 4) is 5.75 Å². The number of rotatable bonds is 0. The van der Waals surface area contributed by atoms with Gasteiger partial charge in [0.05, 0.1) is 5.02 Å². The molecular formula is C7H3ClF3O. The molecule has 1 aromatic carbocycles. The van der Waals surface area contributed by atoms with Crippen LogP contribution in [0.3, 0.4) is 0 Å². The summed E-state index contributed by atoms with van der Waals surface area (Å²) in [5.41, 5.74) is -1.23. The molecule has 0 atom stereocenters. The lowest BCUT2D eigenvalue weighted by molar-refractivity contribution is -0.139. The SMILES string of the molecule is [O]c1c(Cl)cccc1C(F)(F)F. The Bertz CT molecular complexity index is 295. The summed E-state index contributed by atoms with van der Waals surface area (Å²) in [4.78, 5) is 0. The maximum Gasteiger partial charge on any atom is 0.420 e. The molecule has 0 unspecified atom stereocenters. The van der Waals surface area contributed by atoms with Gasteiger partial charge in [0, 0.05) is 0 Å². The molecule has 0 aliphatic rings. The van der Waals surface area contributed by atoms with E-state index in [-0.39, 0.29) is 0 Å². The summed E-state index contributed by atoms with van der Waals surface area (Å²) in [7, 11) is 0. The smallest absolute Gasteiger partial charge is 0.288 e. The molecule has 0 spiro atoms. The van der Waals surface area contributed by atoms with E-state index in [1.165, 1.54) is 0 Å². The lowest BCUT2D eigenvalue weighted by Crippen LogP contribution is -2.04. The molecule has 0 saturated heterocycles. The van der Waals surface area contributed by atoms with Crippen LogP contribution in [0.1, 0.15) is 5.56 Å². The van der Waals surface area contributed by atoms with Crippen LogP contribution in [0.4, 0.5) is 13.2 Å². The molecule has 1 aromatic rings. The van der Waals surface area contributed by atoms with Crippen LogP contribution in [-0.4, -0.2) is 0 Å². The summed E-state index contributed by atoms with van der Waals surface area (Å²) in [6.07, 6.45) is -4.62. The van der Waals surface area contributed by atoms with Gasteiger partial charge in [0.15, 0.2) is 0 Å². The minimum absolute atomic E-state index is 0.412. The molecule has 0 aliphatic carbocycles. The zero-order chi connectivity index (χ0) is 9.35. The average Bonchev–Trinajstić information content (AvgIpc) is 1.92. The summed E-state index contributed by atoms with van der Waals surface area (Å²) in [5.74, 6) is -1.17. The Morgan fingerprint density at radius 1 is 1.25 bits per heavy atom. The molecule has 0 fully saturated rings. The number of halogens is 4. The summed E-state index contributed by atoms with van der Waals surface area (Å²) >= 11 is 5.21. The van der Waals surface area contributed by atoms with E-state index in [1.807, 2.05) is 0 Å². The average molecular weight is 196 g/mol. The Morgan fingerprint density at radius 3 is 2.25 bits per heavy atom. The molecule has 5 heteroatoms. The second-order valence-electron chi connectivity index (χ2n) is 2.11. The maximum atomic E-state index is 12.0. The summed E-state index contributed by atoms with van der Waals surface area (Å²) < 4.78 is 35.9. The van der Waals surface area contributed by atoms with E-state index in [2.05, 4.69) is 0 Å². The number of hydrogen-bond donors (Lipinski definition) is 0. The van der Waals surface area contributed by atoms with Crippen LogP contribution in [0, 0.1) is 0 Å². The first-order valence-electron chi connectivity index (χ1n) is 2.95. The largest absolute Gasteiger partial charge is 0.420 e. The third-order valence-corrected chi connectivity index (χ3v) is 1.57. The predicted octanol–water partition coefficient (Wildman–Crippen LogP) is 3.50. The van der Waals surface area contributed by atoms with E-state index in [9.17, 15) is 18.3 Å². The molecule has 0 aliphatic heterocycles. The molecule has 0 saturated carbocycles. The van der Waals surface area contributed by atoms with Crippen molar-refractivity contribution in [2.75, 3.05) is 0 Å². The highest BCUT2D eigenvalue weighted by Gasteiger charge is 2.35. The molecule has 1 radical (unpaired) electrons. The zero-order valence-corrected chi connectivity index (χ0v) is 6.41. The Hall–Kier alpha value is -0.900. The predicted molar refractivity (Wildman–Crippen MR) is 36.6 cm³/mol. The van der Waals surface area contributed by atoms with Gasteiger partial charge in [-0.2, -0.15) is 13.2 Å². The summed E-state index contributed by atoms with van der Waals surface area (Å²) in [5, 5.41) is 10.4. The number of hydrogen-bond acceptors (Lipinski definition) is 0. The summed E-state index contributed by atoms with van der Waals surface area (Å²) in [6.45, 7) is 0. The second kappa shape index (κ2) is 2.86. The first-order chi connectivity index (χ1) is 5.43. The number of para-hydroxylation sites is 1. The van der Waals surface area contributed by atoms with Crippen molar-refractivity contribution < 1.29 is 18.3 Å². The van der Waals surface area contributed by atoms with Crippen molar-refractivity contribution in [1.29, 1.82) is 0 Å². The third kappa shape index (κ3) is 1.64. The highest BCUT2D eigenvalue weighted by atomic mass is 35.5. The van der Waals surface area contributed by atoms with Gasteiger partial charge in [-0.15, -0.1) is 0 Å². The minimum atomic E-state index is -4.62. The first-order valence-corrected chi connectivity index (χ1v) is 3.33. The molecule has 0 N–H and O–H groups in total. The normalized spacial score (nSPS) is 11.7. The Morgan fingerprint density at radius 2 is 1.83 bits per heavy atom. The van der Waals surface area contributed by atoms with Crippen molar-refractivity contribution >= 4 is 11.6 Å². The van der Waals surface area contributed by atoms with E-state index in [0.29, 0.717) is 6.07 Å². The van der Waals surface area contributed by atoms with E-state index in [0.717, 1.165) is 12.1 Å². The fourth-order valence-corrected chi connectivity index (χ4v) is 0.907. The van der Waals surface area contributed by atoms with Crippen LogP contribution < -0.4 is 0 Å². The van der Waals surface area contributed by atoms with Crippen LogP contribution in [0.2, 0.25) is 5.02 Å². The van der Waals surface area contributed by atoms with Crippen molar-refractivity contribution in [3.05, 3.63) is 28.8 Å². The molecule has 0 aromatic heterocycles. The molecule has 1 nitrogen and oxygen atoms in total. The van der Waals surface area contributed by atoms with E-state index in [4.69, 9.17) is 11.6 Å². The van der Waals surface area contributed by atoms with Crippen LogP contribution in [0.25, 0.3) is 0 Å². The number of alkyl halides is 3. The van der Waals surface area contributed by atoms with E-state index >= 15 is 0 Å². The van der Waals surface area contributed by atoms with Gasteiger partial charge >= 0.3 is 6.18 Å². The van der Waals surface area contributed by atoms with Crippen LogP contribution in [-0.2, 0) is 11.3 Å². The Balaban J connectivity index is 3.26. The van der Waals surface area contributed by atoms with Crippen molar-refractivity contribution in [2.45, 2.75) is 6.18 Å². The van der Waals surface area contributed by atoms with Crippen molar-refractivity contribution in [1.82, 2.24) is 0 Å². The molecular weight excluding hydrogens is 193 g/mol. The highest BCUT2D eigenvalue weighted by Crippen LogP contribution is 2.39. The van der Waals surface area contributed by atoms with Crippen molar-refractivity contribution in [3.63, 3.8) is 0 Å². The van der Waals surface area contributed by atoms with Crippen LogP contribution >= 0.6 is 11.6 Å². The highest BCUT2D eigenvalue weighted by molar-refractivity contribution is 6.32. The zero-order valence-electron chi connectivity index (χ0n) is 5.65. The van der Waals surface area contributed by atoms with E-state index in [1.54, 1.807) is 0 Å². The van der Waals surface area contributed by atoms with Gasteiger partial charge < -0.3 is 0 Å². The molecule has 65 valence electrons. The molecule has 0 bridgehead atoms. The van der Waals surface area contributed by atoms with E-state index < -0.39 is 22.5 Å². The first kappa shape index (κ1) is 9.19. The summed E-state index contributed by atoms with van der Waals surface area (Å²) in [6, 6.07) is 2.92. The molecule has 12 heavy (non-hydrogen) atoms. The maximum absolute atomic E-state index is 12.0. The minimum Gasteiger partial charge on any atom is -0.288 e. The van der Waals surface area contributed by atoms with Gasteiger partial charge in [-0.1, -0.05) is 17.7 Å².